The van der Waals surface area contributed by atoms with Crippen LogP contribution in [0.25, 0.3) is 0 Å². The van der Waals surface area contributed by atoms with Crippen molar-refractivity contribution in [2.75, 3.05) is 19.5 Å². The maximum absolute atomic E-state index is 12.1. The van der Waals surface area contributed by atoms with Gasteiger partial charge in [0.15, 0.2) is 11.5 Å². The van der Waals surface area contributed by atoms with Gasteiger partial charge in [-0.1, -0.05) is 6.07 Å². The summed E-state index contributed by atoms with van der Waals surface area (Å²) < 4.78 is 10.3. The first kappa shape index (κ1) is 16.8. The van der Waals surface area contributed by atoms with Gasteiger partial charge in [0, 0.05) is 11.8 Å². The van der Waals surface area contributed by atoms with Crippen molar-refractivity contribution in [2.24, 2.45) is 0 Å². The molecule has 1 amide bonds. The molecule has 0 saturated carbocycles. The first-order chi connectivity index (χ1) is 9.63. The molecule has 1 heterocycles. The molecular formula is C15H17ClN2O3. The molecule has 21 heavy (non-hydrogen) atoms. The maximum atomic E-state index is 12.1. The van der Waals surface area contributed by atoms with E-state index >= 15 is 0 Å². The number of benzene rings is 1. The second kappa shape index (κ2) is 7.50. The van der Waals surface area contributed by atoms with E-state index in [1.807, 2.05) is 13.0 Å². The van der Waals surface area contributed by atoms with Crippen molar-refractivity contribution >= 4 is 24.1 Å². The Morgan fingerprint density at radius 2 is 1.81 bits per heavy atom. The monoisotopic (exact) mass is 308 g/mol. The molecule has 1 aromatic heterocycles. The van der Waals surface area contributed by atoms with E-state index in [1.165, 1.54) is 7.11 Å². The third-order valence-electron chi connectivity index (χ3n) is 2.80. The fourth-order valence-corrected chi connectivity index (χ4v) is 1.71. The molecule has 0 aliphatic heterocycles. The van der Waals surface area contributed by atoms with Gasteiger partial charge in [-0.15, -0.1) is 12.4 Å². The minimum Gasteiger partial charge on any atom is -0.493 e. The number of rotatable bonds is 4. The molecule has 1 aromatic carbocycles. The Hall–Kier alpha value is -2.27. The Morgan fingerprint density at radius 1 is 1.10 bits per heavy atom. The SMILES string of the molecule is COc1ccc(C(=O)Nc2ccc(C)cn2)cc1OC.Cl. The number of hydrogen-bond acceptors (Lipinski definition) is 4. The fraction of sp³-hybridized carbons (Fsp3) is 0.200. The summed E-state index contributed by atoms with van der Waals surface area (Å²) in [5.41, 5.74) is 1.51. The highest BCUT2D eigenvalue weighted by Gasteiger charge is 2.11. The minimum atomic E-state index is -0.248. The Bertz CT molecular complexity index is 615. The van der Waals surface area contributed by atoms with Crippen molar-refractivity contribution in [3.63, 3.8) is 0 Å². The summed E-state index contributed by atoms with van der Waals surface area (Å²) >= 11 is 0. The lowest BCUT2D eigenvalue weighted by Gasteiger charge is -2.09. The average molecular weight is 309 g/mol. The third-order valence-corrected chi connectivity index (χ3v) is 2.80. The summed E-state index contributed by atoms with van der Waals surface area (Å²) in [6.07, 6.45) is 1.70. The third kappa shape index (κ3) is 4.10. The van der Waals surface area contributed by atoms with E-state index in [9.17, 15) is 4.79 Å². The zero-order chi connectivity index (χ0) is 14.5. The number of nitrogens with zero attached hydrogens (tertiary/aromatic N) is 1. The first-order valence-electron chi connectivity index (χ1n) is 6.10. The molecular weight excluding hydrogens is 292 g/mol. The molecule has 0 saturated heterocycles. The van der Waals surface area contributed by atoms with Crippen LogP contribution < -0.4 is 14.8 Å². The van der Waals surface area contributed by atoms with Crippen LogP contribution in [0.4, 0.5) is 5.82 Å². The molecule has 1 N–H and O–H groups in total. The maximum Gasteiger partial charge on any atom is 0.256 e. The van der Waals surface area contributed by atoms with E-state index < -0.39 is 0 Å². The summed E-state index contributed by atoms with van der Waals surface area (Å²) in [6, 6.07) is 8.63. The van der Waals surface area contributed by atoms with Gasteiger partial charge in [-0.3, -0.25) is 4.79 Å². The lowest BCUT2D eigenvalue weighted by Crippen LogP contribution is -2.13. The summed E-state index contributed by atoms with van der Waals surface area (Å²) in [6.45, 7) is 1.94. The summed E-state index contributed by atoms with van der Waals surface area (Å²) in [7, 11) is 3.08. The van der Waals surface area contributed by atoms with E-state index in [1.54, 1.807) is 37.6 Å². The average Bonchev–Trinajstić information content (AvgIpc) is 2.48. The van der Waals surface area contributed by atoms with Crippen LogP contribution in [0.3, 0.4) is 0 Å². The van der Waals surface area contributed by atoms with Gasteiger partial charge < -0.3 is 14.8 Å². The molecule has 6 heteroatoms. The van der Waals surface area contributed by atoms with Crippen LogP contribution in [0, 0.1) is 6.92 Å². The second-order valence-corrected chi connectivity index (χ2v) is 4.24. The highest BCUT2D eigenvalue weighted by atomic mass is 35.5. The largest absolute Gasteiger partial charge is 0.493 e. The fourth-order valence-electron chi connectivity index (χ4n) is 1.71. The highest BCUT2D eigenvalue weighted by Crippen LogP contribution is 2.27. The molecule has 2 rings (SSSR count). The van der Waals surface area contributed by atoms with Crippen LogP contribution in [0.15, 0.2) is 36.5 Å². The summed E-state index contributed by atoms with van der Waals surface area (Å²) in [5, 5.41) is 2.73. The minimum absolute atomic E-state index is 0. The van der Waals surface area contributed by atoms with Crippen LogP contribution in [-0.4, -0.2) is 25.1 Å². The number of carbonyl (C=O) groups is 1. The van der Waals surface area contributed by atoms with Gasteiger partial charge >= 0.3 is 0 Å². The normalized spacial score (nSPS) is 9.48. The molecule has 0 unspecified atom stereocenters. The number of carbonyl (C=O) groups excluding carboxylic acids is 1. The van der Waals surface area contributed by atoms with Crippen molar-refractivity contribution in [3.8, 4) is 11.5 Å². The van der Waals surface area contributed by atoms with Gasteiger partial charge in [-0.25, -0.2) is 4.98 Å². The number of anilines is 1. The van der Waals surface area contributed by atoms with E-state index in [4.69, 9.17) is 9.47 Å². The Kier molecular flexibility index (Phi) is 5.99. The second-order valence-electron chi connectivity index (χ2n) is 4.24. The number of halogens is 1. The molecule has 5 nitrogen and oxygen atoms in total. The van der Waals surface area contributed by atoms with Crippen LogP contribution >= 0.6 is 12.4 Å². The molecule has 0 spiro atoms. The smallest absolute Gasteiger partial charge is 0.256 e. The number of hydrogen-bond donors (Lipinski definition) is 1. The van der Waals surface area contributed by atoms with E-state index in [-0.39, 0.29) is 18.3 Å². The van der Waals surface area contributed by atoms with Gasteiger partial charge in [-0.2, -0.15) is 0 Å². The van der Waals surface area contributed by atoms with Gasteiger partial charge in [0.25, 0.3) is 5.91 Å². The lowest BCUT2D eigenvalue weighted by molar-refractivity contribution is 0.102. The Balaban J connectivity index is 0.00000220. The van der Waals surface area contributed by atoms with Gasteiger partial charge in [0.1, 0.15) is 5.82 Å². The standard InChI is InChI=1S/C15H16N2O3.ClH/c1-10-4-7-14(16-9-10)17-15(18)11-5-6-12(19-2)13(8-11)20-3;/h4-9H,1-3H3,(H,16,17,18);1H. The van der Waals surface area contributed by atoms with Crippen molar-refractivity contribution in [2.45, 2.75) is 6.92 Å². The predicted octanol–water partition coefficient (Wildman–Crippen LogP) is 3.08. The van der Waals surface area contributed by atoms with Gasteiger partial charge in [0.05, 0.1) is 14.2 Å². The molecule has 0 fully saturated rings. The lowest BCUT2D eigenvalue weighted by atomic mass is 10.2. The summed E-state index contributed by atoms with van der Waals surface area (Å²) in [5.74, 6) is 1.35. The highest BCUT2D eigenvalue weighted by molar-refractivity contribution is 6.04. The molecule has 0 bridgehead atoms. The first-order valence-corrected chi connectivity index (χ1v) is 6.10. The van der Waals surface area contributed by atoms with E-state index in [0.717, 1.165) is 5.56 Å². The quantitative estimate of drug-likeness (QED) is 0.943. The van der Waals surface area contributed by atoms with Crippen molar-refractivity contribution in [1.29, 1.82) is 0 Å². The van der Waals surface area contributed by atoms with E-state index in [0.29, 0.717) is 22.9 Å². The number of nitrogens with one attached hydrogen (secondary N) is 1. The van der Waals surface area contributed by atoms with Crippen LogP contribution in [0.1, 0.15) is 15.9 Å². The van der Waals surface area contributed by atoms with Gasteiger partial charge in [-0.05, 0) is 36.8 Å². The van der Waals surface area contributed by atoms with Crippen LogP contribution in [-0.2, 0) is 0 Å². The zero-order valence-corrected chi connectivity index (χ0v) is 12.9. The summed E-state index contributed by atoms with van der Waals surface area (Å²) in [4.78, 5) is 16.3. The Morgan fingerprint density at radius 3 is 2.38 bits per heavy atom. The Labute approximate surface area is 129 Å². The number of aromatic nitrogens is 1. The van der Waals surface area contributed by atoms with Crippen LogP contribution in [0.5, 0.6) is 11.5 Å². The number of aryl methyl sites for hydroxylation is 1. The predicted molar refractivity (Wildman–Crippen MR) is 83.7 cm³/mol. The molecule has 2 aromatic rings. The number of ether oxygens (including phenoxy) is 2. The van der Waals surface area contributed by atoms with Crippen LogP contribution in [0.2, 0.25) is 0 Å². The molecule has 112 valence electrons. The topological polar surface area (TPSA) is 60.5 Å². The molecule has 0 radical (unpaired) electrons. The van der Waals surface area contributed by atoms with Crippen molar-refractivity contribution < 1.29 is 14.3 Å². The molecule has 0 atom stereocenters. The van der Waals surface area contributed by atoms with Crippen molar-refractivity contribution in [3.05, 3.63) is 47.7 Å². The molecule has 0 aliphatic rings. The zero-order valence-electron chi connectivity index (χ0n) is 12.0. The van der Waals surface area contributed by atoms with E-state index in [2.05, 4.69) is 10.3 Å². The van der Waals surface area contributed by atoms with Gasteiger partial charge in [0.2, 0.25) is 0 Å². The molecule has 0 aliphatic carbocycles. The number of amides is 1. The number of pyridine rings is 1. The van der Waals surface area contributed by atoms with Crippen molar-refractivity contribution in [1.82, 2.24) is 4.98 Å². The number of methoxy groups -OCH3 is 2.